The largest absolute Gasteiger partial charge is 0.495 e. The van der Waals surface area contributed by atoms with E-state index < -0.39 is 16.1 Å². The van der Waals surface area contributed by atoms with E-state index in [-0.39, 0.29) is 19.6 Å². The van der Waals surface area contributed by atoms with Crippen molar-refractivity contribution in [3.63, 3.8) is 0 Å². The van der Waals surface area contributed by atoms with Crippen LogP contribution in [0.3, 0.4) is 0 Å². The van der Waals surface area contributed by atoms with E-state index in [1.54, 1.807) is 18.2 Å². The third kappa shape index (κ3) is 4.59. The molecule has 1 saturated heterocycles. The third-order valence-electron chi connectivity index (χ3n) is 4.21. The van der Waals surface area contributed by atoms with E-state index in [4.69, 9.17) is 16.3 Å². The van der Waals surface area contributed by atoms with Gasteiger partial charge in [0, 0.05) is 25.3 Å². The van der Waals surface area contributed by atoms with Crippen LogP contribution in [0.1, 0.15) is 5.56 Å². The van der Waals surface area contributed by atoms with E-state index in [9.17, 15) is 13.2 Å². The lowest BCUT2D eigenvalue weighted by atomic mass is 10.2. The molecule has 1 heterocycles. The summed E-state index contributed by atoms with van der Waals surface area (Å²) in [7, 11) is -2.17. The first-order chi connectivity index (χ1) is 12.9. The standard InChI is InChI=1S/C18H20ClN3O4S/c1-26-17-8-7-15(11-16(17)19)20-18(23)13-22-10-9-21(27(22,24)25)12-14-5-3-2-4-6-14/h2-8,11H,9-10,12-13H2,1H3,(H,20,23). The number of carbonyl (C=O) groups is 1. The summed E-state index contributed by atoms with van der Waals surface area (Å²) in [6, 6.07) is 14.2. The molecule has 3 rings (SSSR count). The van der Waals surface area contributed by atoms with Gasteiger partial charge >= 0.3 is 0 Å². The molecule has 1 aliphatic heterocycles. The number of halogens is 1. The van der Waals surface area contributed by atoms with Crippen LogP contribution in [0.2, 0.25) is 5.02 Å². The molecule has 0 aliphatic carbocycles. The maximum atomic E-state index is 12.7. The van der Waals surface area contributed by atoms with Crippen molar-refractivity contribution in [2.24, 2.45) is 0 Å². The van der Waals surface area contributed by atoms with Gasteiger partial charge in [-0.25, -0.2) is 0 Å². The third-order valence-corrected chi connectivity index (χ3v) is 6.43. The highest BCUT2D eigenvalue weighted by Gasteiger charge is 2.37. The summed E-state index contributed by atoms with van der Waals surface area (Å²) in [6.07, 6.45) is 0. The van der Waals surface area contributed by atoms with Gasteiger partial charge in [-0.1, -0.05) is 41.9 Å². The molecule has 7 nitrogen and oxygen atoms in total. The van der Waals surface area contributed by atoms with Crippen LogP contribution in [0.25, 0.3) is 0 Å². The molecule has 2 aromatic carbocycles. The molecular weight excluding hydrogens is 390 g/mol. The van der Waals surface area contributed by atoms with Gasteiger partial charge in [0.25, 0.3) is 10.2 Å². The van der Waals surface area contributed by atoms with Crippen molar-refractivity contribution < 1.29 is 17.9 Å². The van der Waals surface area contributed by atoms with E-state index >= 15 is 0 Å². The second kappa shape index (κ2) is 8.26. The molecule has 27 heavy (non-hydrogen) atoms. The Morgan fingerprint density at radius 2 is 1.85 bits per heavy atom. The zero-order chi connectivity index (χ0) is 19.4. The summed E-state index contributed by atoms with van der Waals surface area (Å²) in [6.45, 7) is 0.650. The Morgan fingerprint density at radius 1 is 1.15 bits per heavy atom. The number of carbonyl (C=O) groups excluding carboxylic acids is 1. The average Bonchev–Trinajstić information content (AvgIpc) is 2.90. The minimum Gasteiger partial charge on any atom is -0.495 e. The minimum atomic E-state index is -3.67. The van der Waals surface area contributed by atoms with Crippen LogP contribution in [0.15, 0.2) is 48.5 Å². The average molecular weight is 410 g/mol. The van der Waals surface area contributed by atoms with E-state index in [0.29, 0.717) is 23.0 Å². The molecule has 0 unspecified atom stereocenters. The molecule has 0 bridgehead atoms. The number of benzene rings is 2. The zero-order valence-electron chi connectivity index (χ0n) is 14.8. The molecule has 1 aliphatic rings. The fraction of sp³-hybridized carbons (Fsp3) is 0.278. The summed E-state index contributed by atoms with van der Waals surface area (Å²) >= 11 is 6.04. The molecule has 2 aromatic rings. The molecule has 1 N–H and O–H groups in total. The number of nitrogens with zero attached hydrogens (tertiary/aromatic N) is 2. The number of hydrogen-bond acceptors (Lipinski definition) is 4. The lowest BCUT2D eigenvalue weighted by molar-refractivity contribution is -0.116. The molecule has 0 aromatic heterocycles. The molecule has 1 amide bonds. The van der Waals surface area contributed by atoms with Gasteiger partial charge < -0.3 is 10.1 Å². The number of methoxy groups -OCH3 is 1. The van der Waals surface area contributed by atoms with E-state index in [2.05, 4.69) is 5.32 Å². The summed E-state index contributed by atoms with van der Waals surface area (Å²) in [4.78, 5) is 12.3. The van der Waals surface area contributed by atoms with Gasteiger partial charge in [-0.15, -0.1) is 0 Å². The molecule has 0 atom stereocenters. The van der Waals surface area contributed by atoms with Crippen LogP contribution in [-0.4, -0.2) is 49.7 Å². The predicted molar refractivity (Wildman–Crippen MR) is 104 cm³/mol. The zero-order valence-corrected chi connectivity index (χ0v) is 16.3. The summed E-state index contributed by atoms with van der Waals surface area (Å²) in [5, 5.41) is 3.02. The SMILES string of the molecule is COc1ccc(NC(=O)CN2CCN(Cc3ccccc3)S2(=O)=O)cc1Cl. The normalized spacial score (nSPS) is 17.0. The molecule has 1 fully saturated rings. The smallest absolute Gasteiger partial charge is 0.282 e. The summed E-state index contributed by atoms with van der Waals surface area (Å²) in [5.74, 6) is 0.0645. The van der Waals surface area contributed by atoms with Crippen LogP contribution >= 0.6 is 11.6 Å². The monoisotopic (exact) mass is 409 g/mol. The van der Waals surface area contributed by atoms with Crippen LogP contribution in [-0.2, 0) is 21.5 Å². The number of rotatable bonds is 6. The highest BCUT2D eigenvalue weighted by atomic mass is 35.5. The fourth-order valence-electron chi connectivity index (χ4n) is 2.83. The topological polar surface area (TPSA) is 79.0 Å². The number of anilines is 1. The van der Waals surface area contributed by atoms with Crippen molar-refractivity contribution in [1.82, 2.24) is 8.61 Å². The highest BCUT2D eigenvalue weighted by molar-refractivity contribution is 7.87. The Labute approximate surface area is 163 Å². The minimum absolute atomic E-state index is 0.253. The molecule has 9 heteroatoms. The first-order valence-electron chi connectivity index (χ1n) is 8.32. The van der Waals surface area contributed by atoms with Gasteiger partial charge in [0.15, 0.2) is 0 Å². The van der Waals surface area contributed by atoms with Crippen LogP contribution in [0.4, 0.5) is 5.69 Å². The van der Waals surface area contributed by atoms with Crippen molar-refractivity contribution >= 4 is 33.4 Å². The van der Waals surface area contributed by atoms with Crippen molar-refractivity contribution in [2.45, 2.75) is 6.54 Å². The first kappa shape index (κ1) is 19.6. The first-order valence-corrected chi connectivity index (χ1v) is 10.1. The van der Waals surface area contributed by atoms with Gasteiger partial charge in [0.05, 0.1) is 18.7 Å². The van der Waals surface area contributed by atoms with E-state index in [1.807, 2.05) is 30.3 Å². The van der Waals surface area contributed by atoms with Crippen molar-refractivity contribution in [1.29, 1.82) is 0 Å². The lowest BCUT2D eigenvalue weighted by Crippen LogP contribution is -2.37. The summed E-state index contributed by atoms with van der Waals surface area (Å²) in [5.41, 5.74) is 1.38. The quantitative estimate of drug-likeness (QED) is 0.794. The Balaban J connectivity index is 1.62. The Kier molecular flexibility index (Phi) is 6.01. The molecule has 0 radical (unpaired) electrons. The molecule has 0 spiro atoms. The van der Waals surface area contributed by atoms with Crippen LogP contribution in [0, 0.1) is 0 Å². The van der Waals surface area contributed by atoms with Gasteiger partial charge in [-0.2, -0.15) is 17.0 Å². The maximum Gasteiger partial charge on any atom is 0.282 e. The van der Waals surface area contributed by atoms with Crippen LogP contribution in [0.5, 0.6) is 5.75 Å². The number of nitrogens with one attached hydrogen (secondary N) is 1. The maximum absolute atomic E-state index is 12.7. The molecular formula is C18H20ClN3O4S. The molecule has 144 valence electrons. The van der Waals surface area contributed by atoms with E-state index in [1.165, 1.54) is 15.7 Å². The highest BCUT2D eigenvalue weighted by Crippen LogP contribution is 2.27. The number of amides is 1. The van der Waals surface area contributed by atoms with Crippen molar-refractivity contribution in [3.05, 3.63) is 59.1 Å². The van der Waals surface area contributed by atoms with Crippen molar-refractivity contribution in [3.8, 4) is 5.75 Å². The van der Waals surface area contributed by atoms with E-state index in [0.717, 1.165) is 5.56 Å². The lowest BCUT2D eigenvalue weighted by Gasteiger charge is -2.18. The van der Waals surface area contributed by atoms with Gasteiger partial charge in [-0.05, 0) is 23.8 Å². The number of hydrogen-bond donors (Lipinski definition) is 1. The van der Waals surface area contributed by atoms with Gasteiger partial charge in [0.1, 0.15) is 5.75 Å². The van der Waals surface area contributed by atoms with Gasteiger partial charge in [-0.3, -0.25) is 4.79 Å². The van der Waals surface area contributed by atoms with Crippen LogP contribution < -0.4 is 10.1 Å². The Bertz CT molecular complexity index is 921. The Morgan fingerprint density at radius 3 is 2.52 bits per heavy atom. The fourth-order valence-corrected chi connectivity index (χ4v) is 4.63. The predicted octanol–water partition coefficient (Wildman–Crippen LogP) is 2.35. The second-order valence-electron chi connectivity index (χ2n) is 6.06. The summed E-state index contributed by atoms with van der Waals surface area (Å²) < 4.78 is 32.9. The second-order valence-corrected chi connectivity index (χ2v) is 8.39. The Hall–Kier alpha value is -2.13. The molecule has 0 saturated carbocycles. The number of ether oxygens (including phenoxy) is 1. The van der Waals surface area contributed by atoms with Gasteiger partial charge in [0.2, 0.25) is 5.91 Å². The van der Waals surface area contributed by atoms with Crippen molar-refractivity contribution in [2.75, 3.05) is 32.1 Å².